The first-order valence-electron chi connectivity index (χ1n) is 9.42. The Balaban J connectivity index is 3.49. The van der Waals surface area contributed by atoms with Crippen LogP contribution in [0.4, 0.5) is 18.0 Å². The number of alkyl halides is 3. The van der Waals surface area contributed by atoms with Crippen molar-refractivity contribution in [2.75, 3.05) is 13.7 Å². The van der Waals surface area contributed by atoms with Gasteiger partial charge in [-0.1, -0.05) is 27.7 Å². The molecule has 1 heterocycles. The van der Waals surface area contributed by atoms with Gasteiger partial charge in [0.25, 0.3) is 0 Å². The van der Waals surface area contributed by atoms with Gasteiger partial charge in [-0.15, -0.1) is 0 Å². The van der Waals surface area contributed by atoms with E-state index in [0.29, 0.717) is 0 Å². The summed E-state index contributed by atoms with van der Waals surface area (Å²) in [5, 5.41) is 12.4. The van der Waals surface area contributed by atoms with Crippen LogP contribution in [0.5, 0.6) is 0 Å². The molecule has 0 saturated carbocycles. The average Bonchev–Trinajstić information content (AvgIpc) is 3.03. The molecule has 0 spiro atoms. The van der Waals surface area contributed by atoms with Crippen molar-refractivity contribution in [2.45, 2.75) is 64.4 Å². The zero-order valence-electron chi connectivity index (χ0n) is 17.2. The van der Waals surface area contributed by atoms with E-state index in [1.165, 1.54) is 13.8 Å². The average molecular weight is 425 g/mol. The van der Waals surface area contributed by atoms with Crippen LogP contribution in [0.15, 0.2) is 0 Å². The van der Waals surface area contributed by atoms with E-state index < -0.39 is 59.5 Å². The largest absolute Gasteiger partial charge is 0.453 e. The molecule has 1 aliphatic heterocycles. The number of primary amides is 1. The van der Waals surface area contributed by atoms with Crippen LogP contribution in [0.2, 0.25) is 0 Å². The Morgan fingerprint density at radius 3 is 2.10 bits per heavy atom. The Hall–Kier alpha value is -2.04. The zero-order valence-corrected chi connectivity index (χ0v) is 17.2. The second kappa shape index (κ2) is 9.19. The first kappa shape index (κ1) is 25.0. The number of nitrogens with one attached hydrogen (secondary N) is 1. The number of carbonyl (C=O) groups excluding carboxylic acids is 3. The molecule has 1 fully saturated rings. The number of rotatable bonds is 7. The fourth-order valence-electron chi connectivity index (χ4n) is 4.16. The van der Waals surface area contributed by atoms with Gasteiger partial charge in [0.15, 0.2) is 6.10 Å². The summed E-state index contributed by atoms with van der Waals surface area (Å²) in [4.78, 5) is 38.4. The molecule has 3 amide bonds. The van der Waals surface area contributed by atoms with Gasteiger partial charge in [0.2, 0.25) is 11.8 Å². The molecule has 4 atom stereocenters. The number of methoxy groups -OCH3 is 1. The number of aliphatic hydroxyl groups excluding tert-OH is 1. The summed E-state index contributed by atoms with van der Waals surface area (Å²) in [5.41, 5.74) is 3.52. The minimum atomic E-state index is -5.00. The number of ether oxygens (including phenoxy) is 1. The fourth-order valence-corrected chi connectivity index (χ4v) is 4.16. The summed E-state index contributed by atoms with van der Waals surface area (Å²) in [5.74, 6) is -4.80. The molecule has 0 aliphatic carbocycles. The lowest BCUT2D eigenvalue weighted by Gasteiger charge is -2.47. The van der Waals surface area contributed by atoms with Crippen LogP contribution < -0.4 is 11.1 Å². The van der Waals surface area contributed by atoms with Crippen molar-refractivity contribution in [1.82, 2.24) is 10.2 Å². The normalized spacial score (nSPS) is 23.1. The number of nitrogens with zero attached hydrogens (tertiary/aromatic N) is 1. The van der Waals surface area contributed by atoms with E-state index in [-0.39, 0.29) is 19.4 Å². The summed E-state index contributed by atoms with van der Waals surface area (Å²) in [6.07, 6.45) is -8.64. The van der Waals surface area contributed by atoms with Gasteiger partial charge in [-0.05, 0) is 24.7 Å². The third-order valence-electron chi connectivity index (χ3n) is 5.45. The standard InChI is InChI=1S/C18H30F3N3O5/c1-9(2)11(13(25)18(19,20)21)17(15(22)27)7-6-8-24(17)14(26)12(10(3)4)23-16(28)29-5/h9-13,25H,6-8H2,1-5H3,(H2,22,27)(H,23,28). The maximum Gasteiger partial charge on any atom is 0.414 e. The van der Waals surface area contributed by atoms with Gasteiger partial charge in [-0.2, -0.15) is 13.2 Å². The molecule has 29 heavy (non-hydrogen) atoms. The quantitative estimate of drug-likeness (QED) is 0.569. The van der Waals surface area contributed by atoms with Gasteiger partial charge in [-0.3, -0.25) is 9.59 Å². The Morgan fingerprint density at radius 2 is 1.72 bits per heavy atom. The van der Waals surface area contributed by atoms with E-state index in [1.54, 1.807) is 13.8 Å². The Bertz CT molecular complexity index is 626. The number of alkyl carbamates (subject to hydrolysis) is 1. The lowest BCUT2D eigenvalue weighted by Crippen LogP contribution is -2.68. The molecule has 11 heteroatoms. The maximum atomic E-state index is 13.4. The van der Waals surface area contributed by atoms with Crippen molar-refractivity contribution in [3.8, 4) is 0 Å². The first-order chi connectivity index (χ1) is 13.2. The summed E-state index contributed by atoms with van der Waals surface area (Å²) in [6, 6.07) is -1.14. The van der Waals surface area contributed by atoms with Crippen LogP contribution in [0, 0.1) is 17.8 Å². The smallest absolute Gasteiger partial charge is 0.414 e. The van der Waals surface area contributed by atoms with E-state index in [0.717, 1.165) is 12.0 Å². The highest BCUT2D eigenvalue weighted by molar-refractivity contribution is 5.94. The van der Waals surface area contributed by atoms with Gasteiger partial charge >= 0.3 is 12.3 Å². The Labute approximate surface area is 167 Å². The van der Waals surface area contributed by atoms with Gasteiger partial charge in [0, 0.05) is 12.5 Å². The van der Waals surface area contributed by atoms with Crippen molar-refractivity contribution in [3.63, 3.8) is 0 Å². The molecule has 0 bridgehead atoms. The van der Waals surface area contributed by atoms with Crippen LogP contribution in [0.3, 0.4) is 0 Å². The van der Waals surface area contributed by atoms with E-state index >= 15 is 0 Å². The molecule has 8 nitrogen and oxygen atoms in total. The highest BCUT2D eigenvalue weighted by Crippen LogP contribution is 2.45. The number of hydrogen-bond acceptors (Lipinski definition) is 5. The molecule has 0 radical (unpaired) electrons. The predicted octanol–water partition coefficient (Wildman–Crippen LogP) is 1.41. The molecule has 4 unspecified atom stereocenters. The number of halogens is 3. The molecular formula is C18H30F3N3O5. The number of hydrogen-bond donors (Lipinski definition) is 3. The van der Waals surface area contributed by atoms with Gasteiger partial charge in [-0.25, -0.2) is 4.79 Å². The number of amides is 3. The topological polar surface area (TPSA) is 122 Å². The Morgan fingerprint density at radius 1 is 1.17 bits per heavy atom. The van der Waals surface area contributed by atoms with Crippen molar-refractivity contribution in [3.05, 3.63) is 0 Å². The van der Waals surface area contributed by atoms with Crippen molar-refractivity contribution >= 4 is 17.9 Å². The van der Waals surface area contributed by atoms with E-state index in [9.17, 15) is 32.7 Å². The Kier molecular flexibility index (Phi) is 7.92. The van der Waals surface area contributed by atoms with Crippen LogP contribution >= 0.6 is 0 Å². The van der Waals surface area contributed by atoms with E-state index in [2.05, 4.69) is 10.1 Å². The first-order valence-corrected chi connectivity index (χ1v) is 9.42. The van der Waals surface area contributed by atoms with Crippen molar-refractivity contribution in [1.29, 1.82) is 0 Å². The molecule has 0 aromatic rings. The lowest BCUT2D eigenvalue weighted by molar-refractivity contribution is -0.236. The summed E-state index contributed by atoms with van der Waals surface area (Å²) in [7, 11) is 1.11. The third kappa shape index (κ3) is 4.93. The monoisotopic (exact) mass is 425 g/mol. The summed E-state index contributed by atoms with van der Waals surface area (Å²) < 4.78 is 44.7. The predicted molar refractivity (Wildman–Crippen MR) is 97.4 cm³/mol. The molecule has 1 aliphatic rings. The van der Waals surface area contributed by atoms with Crippen LogP contribution in [0.1, 0.15) is 40.5 Å². The molecule has 1 saturated heterocycles. The van der Waals surface area contributed by atoms with Gasteiger partial charge in [0.1, 0.15) is 11.6 Å². The molecular weight excluding hydrogens is 395 g/mol. The lowest BCUT2D eigenvalue weighted by atomic mass is 9.71. The second-order valence-electron chi connectivity index (χ2n) is 8.00. The van der Waals surface area contributed by atoms with Crippen LogP contribution in [-0.4, -0.2) is 65.4 Å². The van der Waals surface area contributed by atoms with Crippen LogP contribution in [0.25, 0.3) is 0 Å². The molecule has 4 N–H and O–H groups in total. The number of likely N-dealkylation sites (tertiary alicyclic amines) is 1. The van der Waals surface area contributed by atoms with Gasteiger partial charge in [0.05, 0.1) is 7.11 Å². The highest BCUT2D eigenvalue weighted by Gasteiger charge is 2.61. The van der Waals surface area contributed by atoms with Crippen LogP contribution in [-0.2, 0) is 14.3 Å². The summed E-state index contributed by atoms with van der Waals surface area (Å²) in [6.45, 7) is 6.09. The van der Waals surface area contributed by atoms with E-state index in [1.807, 2.05) is 0 Å². The number of aliphatic hydroxyl groups is 1. The van der Waals surface area contributed by atoms with Crippen molar-refractivity contribution in [2.24, 2.45) is 23.5 Å². The highest BCUT2D eigenvalue weighted by atomic mass is 19.4. The van der Waals surface area contributed by atoms with E-state index in [4.69, 9.17) is 5.73 Å². The van der Waals surface area contributed by atoms with Gasteiger partial charge < -0.3 is 25.8 Å². The third-order valence-corrected chi connectivity index (χ3v) is 5.45. The molecule has 0 aromatic carbocycles. The number of carbonyl (C=O) groups is 3. The molecule has 1 rings (SSSR count). The maximum absolute atomic E-state index is 13.4. The summed E-state index contributed by atoms with van der Waals surface area (Å²) >= 11 is 0. The fraction of sp³-hybridized carbons (Fsp3) is 0.833. The number of nitrogens with two attached hydrogens (primary N) is 1. The zero-order chi connectivity index (χ0) is 22.7. The minimum absolute atomic E-state index is 0.0261. The molecule has 0 aromatic heterocycles. The SMILES string of the molecule is COC(=O)NC(C(=O)N1CCCC1(C(N)=O)C(C(C)C)C(O)C(F)(F)F)C(C)C. The van der Waals surface area contributed by atoms with Crippen molar-refractivity contribution < 1.29 is 37.4 Å². The molecule has 168 valence electrons. The minimum Gasteiger partial charge on any atom is -0.453 e. The second-order valence-corrected chi connectivity index (χ2v) is 8.00.